The fourth-order valence-corrected chi connectivity index (χ4v) is 1.41. The minimum atomic E-state index is -0.363. The van der Waals surface area contributed by atoms with Gasteiger partial charge in [-0.15, -0.1) is 0 Å². The molecule has 6 heteroatoms. The lowest BCUT2D eigenvalue weighted by Gasteiger charge is -2.21. The Morgan fingerprint density at radius 1 is 1.05 bits per heavy atom. The lowest BCUT2D eigenvalue weighted by Crippen LogP contribution is -2.37. The number of methoxy groups -OCH3 is 2. The van der Waals surface area contributed by atoms with Gasteiger partial charge in [0.1, 0.15) is 0 Å². The summed E-state index contributed by atoms with van der Waals surface area (Å²) in [5.41, 5.74) is -0.206. The van der Waals surface area contributed by atoms with Crippen molar-refractivity contribution in [3.63, 3.8) is 0 Å². The third kappa shape index (κ3) is 10.5. The van der Waals surface area contributed by atoms with Gasteiger partial charge in [0.15, 0.2) is 0 Å². The zero-order valence-corrected chi connectivity index (χ0v) is 12.4. The van der Waals surface area contributed by atoms with Crippen LogP contribution in [-0.4, -0.2) is 51.0 Å². The summed E-state index contributed by atoms with van der Waals surface area (Å²) in [5.74, 6) is -0.726. The molecule has 0 aliphatic heterocycles. The molecule has 0 saturated heterocycles. The first kappa shape index (κ1) is 17.9. The molecule has 112 valence electrons. The highest BCUT2D eigenvalue weighted by Gasteiger charge is 2.18. The van der Waals surface area contributed by atoms with Gasteiger partial charge in [-0.1, -0.05) is 0 Å². The van der Waals surface area contributed by atoms with Gasteiger partial charge in [-0.25, -0.2) is 0 Å². The molecule has 0 aliphatic carbocycles. The fraction of sp³-hybridized carbons (Fsp3) is 0.846. The van der Waals surface area contributed by atoms with Crippen LogP contribution in [0.5, 0.6) is 0 Å². The summed E-state index contributed by atoms with van der Waals surface area (Å²) in [6.45, 7) is 6.95. The van der Waals surface area contributed by atoms with Crippen molar-refractivity contribution in [2.24, 2.45) is 0 Å². The number of carbonyl (C=O) groups excluding carboxylic acids is 2. The lowest BCUT2D eigenvalue weighted by molar-refractivity contribution is -0.143. The maximum absolute atomic E-state index is 11.2. The number of rotatable bonds is 8. The number of esters is 2. The van der Waals surface area contributed by atoms with E-state index < -0.39 is 0 Å². The van der Waals surface area contributed by atoms with E-state index in [1.54, 1.807) is 0 Å². The van der Waals surface area contributed by atoms with E-state index in [-0.39, 0.29) is 36.4 Å². The van der Waals surface area contributed by atoms with Gasteiger partial charge in [0.2, 0.25) is 0 Å². The lowest BCUT2D eigenvalue weighted by atomic mass is 10.1. The standard InChI is InChI=1S/C13H25NO5/c1-13(2,3)19-7-6-14-10(8-11(15)17-4)9-12(16)18-5/h10,14H,6-9H2,1-5H3. The molecular formula is C13H25NO5. The van der Waals surface area contributed by atoms with Crippen molar-refractivity contribution in [1.29, 1.82) is 0 Å². The molecule has 0 bridgehead atoms. The van der Waals surface area contributed by atoms with Crippen molar-refractivity contribution in [3.8, 4) is 0 Å². The van der Waals surface area contributed by atoms with Gasteiger partial charge in [-0.05, 0) is 20.8 Å². The van der Waals surface area contributed by atoms with Crippen molar-refractivity contribution in [1.82, 2.24) is 5.32 Å². The van der Waals surface area contributed by atoms with E-state index in [9.17, 15) is 9.59 Å². The Morgan fingerprint density at radius 3 is 1.89 bits per heavy atom. The van der Waals surface area contributed by atoms with Crippen LogP contribution in [0.1, 0.15) is 33.6 Å². The molecule has 0 heterocycles. The predicted octanol–water partition coefficient (Wildman–Crippen LogP) is 0.886. The van der Waals surface area contributed by atoms with Crippen molar-refractivity contribution < 1.29 is 23.8 Å². The summed E-state index contributed by atoms with van der Waals surface area (Å²) in [6, 6.07) is -0.302. The SMILES string of the molecule is COC(=O)CC(CC(=O)OC)NCCOC(C)(C)C. The summed E-state index contributed by atoms with van der Waals surface area (Å²) in [6.07, 6.45) is 0.252. The van der Waals surface area contributed by atoms with Gasteiger partial charge in [0.25, 0.3) is 0 Å². The van der Waals surface area contributed by atoms with Crippen LogP contribution in [0.2, 0.25) is 0 Å². The van der Waals surface area contributed by atoms with Gasteiger partial charge < -0.3 is 19.5 Å². The minimum Gasteiger partial charge on any atom is -0.469 e. The predicted molar refractivity (Wildman–Crippen MR) is 70.8 cm³/mol. The van der Waals surface area contributed by atoms with Gasteiger partial charge in [-0.2, -0.15) is 0 Å². The summed E-state index contributed by atoms with van der Waals surface area (Å²) in [4.78, 5) is 22.5. The quantitative estimate of drug-likeness (QED) is 0.524. The summed E-state index contributed by atoms with van der Waals surface area (Å²) in [7, 11) is 2.64. The van der Waals surface area contributed by atoms with E-state index in [1.807, 2.05) is 20.8 Å². The number of ether oxygens (including phenoxy) is 3. The Bertz CT molecular complexity index is 267. The highest BCUT2D eigenvalue weighted by atomic mass is 16.5. The molecule has 0 aromatic rings. The van der Waals surface area contributed by atoms with Crippen molar-refractivity contribution in [2.75, 3.05) is 27.4 Å². The largest absolute Gasteiger partial charge is 0.469 e. The zero-order valence-electron chi connectivity index (χ0n) is 12.4. The van der Waals surface area contributed by atoms with Crippen LogP contribution in [-0.2, 0) is 23.8 Å². The van der Waals surface area contributed by atoms with Crippen LogP contribution in [0.4, 0.5) is 0 Å². The van der Waals surface area contributed by atoms with E-state index in [0.717, 1.165) is 0 Å². The van der Waals surface area contributed by atoms with Crippen LogP contribution in [0, 0.1) is 0 Å². The molecule has 0 aromatic heterocycles. The van der Waals surface area contributed by atoms with E-state index >= 15 is 0 Å². The number of hydrogen-bond donors (Lipinski definition) is 1. The summed E-state index contributed by atoms with van der Waals surface area (Å²) < 4.78 is 14.7. The van der Waals surface area contributed by atoms with Crippen molar-refractivity contribution >= 4 is 11.9 Å². The minimum absolute atomic E-state index is 0.126. The first-order valence-corrected chi connectivity index (χ1v) is 6.29. The Hall–Kier alpha value is -1.14. The second-order valence-electron chi connectivity index (χ2n) is 5.17. The van der Waals surface area contributed by atoms with E-state index in [1.165, 1.54) is 14.2 Å². The smallest absolute Gasteiger partial charge is 0.307 e. The molecule has 0 fully saturated rings. The van der Waals surface area contributed by atoms with E-state index in [0.29, 0.717) is 13.2 Å². The average Bonchev–Trinajstić information content (AvgIpc) is 2.32. The number of hydrogen-bond acceptors (Lipinski definition) is 6. The molecule has 0 atom stereocenters. The molecule has 0 saturated carbocycles. The molecule has 19 heavy (non-hydrogen) atoms. The molecule has 0 unspecified atom stereocenters. The first-order chi connectivity index (χ1) is 8.78. The van der Waals surface area contributed by atoms with Gasteiger partial charge in [0.05, 0.1) is 39.3 Å². The molecule has 1 N–H and O–H groups in total. The number of nitrogens with one attached hydrogen (secondary N) is 1. The van der Waals surface area contributed by atoms with E-state index in [4.69, 9.17) is 4.74 Å². The monoisotopic (exact) mass is 275 g/mol. The van der Waals surface area contributed by atoms with Gasteiger partial charge >= 0.3 is 11.9 Å². The molecule has 0 aromatic carbocycles. The highest BCUT2D eigenvalue weighted by molar-refractivity contribution is 5.73. The molecule has 6 nitrogen and oxygen atoms in total. The third-order valence-electron chi connectivity index (χ3n) is 2.35. The third-order valence-corrected chi connectivity index (χ3v) is 2.35. The summed E-state index contributed by atoms with van der Waals surface area (Å²) in [5, 5.41) is 3.10. The highest BCUT2D eigenvalue weighted by Crippen LogP contribution is 2.06. The van der Waals surface area contributed by atoms with E-state index in [2.05, 4.69) is 14.8 Å². The summed E-state index contributed by atoms with van der Waals surface area (Å²) >= 11 is 0. The Balaban J connectivity index is 4.11. The maximum atomic E-state index is 11.2. The van der Waals surface area contributed by atoms with Crippen LogP contribution >= 0.6 is 0 Å². The second-order valence-corrected chi connectivity index (χ2v) is 5.17. The average molecular weight is 275 g/mol. The number of carbonyl (C=O) groups is 2. The zero-order chi connectivity index (χ0) is 14.9. The van der Waals surface area contributed by atoms with Crippen LogP contribution in [0.15, 0.2) is 0 Å². The van der Waals surface area contributed by atoms with Crippen LogP contribution in [0.25, 0.3) is 0 Å². The molecule has 0 aliphatic rings. The molecule has 0 radical (unpaired) electrons. The van der Waals surface area contributed by atoms with Crippen molar-refractivity contribution in [2.45, 2.75) is 45.3 Å². The van der Waals surface area contributed by atoms with Crippen LogP contribution in [0.3, 0.4) is 0 Å². The molecular weight excluding hydrogens is 250 g/mol. The van der Waals surface area contributed by atoms with Crippen molar-refractivity contribution in [3.05, 3.63) is 0 Å². The molecule has 0 rings (SSSR count). The maximum Gasteiger partial charge on any atom is 0.307 e. The first-order valence-electron chi connectivity index (χ1n) is 6.29. The fourth-order valence-electron chi connectivity index (χ4n) is 1.41. The topological polar surface area (TPSA) is 73.9 Å². The van der Waals surface area contributed by atoms with Gasteiger partial charge in [-0.3, -0.25) is 9.59 Å². The Morgan fingerprint density at radius 2 is 1.53 bits per heavy atom. The Kier molecular flexibility index (Phi) is 8.34. The second kappa shape index (κ2) is 8.87. The normalized spacial score (nSPS) is 11.5. The Labute approximate surface area is 114 Å². The van der Waals surface area contributed by atoms with Gasteiger partial charge in [0, 0.05) is 12.6 Å². The van der Waals surface area contributed by atoms with Crippen LogP contribution < -0.4 is 5.32 Å². The molecule has 0 amide bonds. The molecule has 0 spiro atoms.